The van der Waals surface area contributed by atoms with E-state index >= 15 is 0 Å². The van der Waals surface area contributed by atoms with Crippen LogP contribution in [0.1, 0.15) is 18.9 Å². The first kappa shape index (κ1) is 13.8. The van der Waals surface area contributed by atoms with Crippen LogP contribution in [0.25, 0.3) is 6.08 Å². The van der Waals surface area contributed by atoms with Crippen LogP contribution in [0.4, 0.5) is 0 Å². The average molecular weight is 258 g/mol. The van der Waals surface area contributed by atoms with E-state index in [1.54, 1.807) is 0 Å². The zero-order chi connectivity index (χ0) is 13.5. The van der Waals surface area contributed by atoms with Gasteiger partial charge in [-0.1, -0.05) is 42.5 Å². The van der Waals surface area contributed by atoms with Crippen molar-refractivity contribution in [2.24, 2.45) is 5.92 Å². The van der Waals surface area contributed by atoms with E-state index < -0.39 is 0 Å². The SMILES string of the molecule is CCN(C/C=C/c1ccccc1)C(=O)[C@@H]1CCNC1. The minimum Gasteiger partial charge on any atom is -0.339 e. The van der Waals surface area contributed by atoms with Gasteiger partial charge in [0.1, 0.15) is 0 Å². The van der Waals surface area contributed by atoms with Gasteiger partial charge in [-0.25, -0.2) is 0 Å². The highest BCUT2D eigenvalue weighted by Gasteiger charge is 2.25. The van der Waals surface area contributed by atoms with Gasteiger partial charge in [-0.15, -0.1) is 0 Å². The lowest BCUT2D eigenvalue weighted by Crippen LogP contribution is -2.37. The van der Waals surface area contributed by atoms with Crippen molar-refractivity contribution in [3.8, 4) is 0 Å². The standard InChI is InChI=1S/C16H22N2O/c1-2-18(16(19)15-10-11-17-13-15)12-6-9-14-7-4-3-5-8-14/h3-9,15,17H,2,10-13H2,1H3/b9-6+/t15-/m1/s1. The fraction of sp³-hybridized carbons (Fsp3) is 0.438. The van der Waals surface area contributed by atoms with E-state index in [1.165, 1.54) is 5.56 Å². The number of hydrogen-bond acceptors (Lipinski definition) is 2. The molecule has 1 fully saturated rings. The van der Waals surface area contributed by atoms with Crippen LogP contribution in [0.5, 0.6) is 0 Å². The van der Waals surface area contributed by atoms with Gasteiger partial charge in [-0.05, 0) is 25.5 Å². The quantitative estimate of drug-likeness (QED) is 0.877. The summed E-state index contributed by atoms with van der Waals surface area (Å²) < 4.78 is 0. The summed E-state index contributed by atoms with van der Waals surface area (Å²) in [5, 5.41) is 3.25. The topological polar surface area (TPSA) is 32.3 Å². The monoisotopic (exact) mass is 258 g/mol. The van der Waals surface area contributed by atoms with Crippen molar-refractivity contribution in [1.29, 1.82) is 0 Å². The molecule has 1 aromatic rings. The second-order valence-electron chi connectivity index (χ2n) is 4.88. The molecule has 0 aromatic heterocycles. The summed E-state index contributed by atoms with van der Waals surface area (Å²) in [6.07, 6.45) is 5.11. The minimum atomic E-state index is 0.171. The summed E-state index contributed by atoms with van der Waals surface area (Å²) >= 11 is 0. The third-order valence-corrected chi connectivity index (χ3v) is 3.54. The smallest absolute Gasteiger partial charge is 0.227 e. The lowest BCUT2D eigenvalue weighted by atomic mass is 10.1. The van der Waals surface area contributed by atoms with Gasteiger partial charge in [-0.2, -0.15) is 0 Å². The molecule has 3 nitrogen and oxygen atoms in total. The molecule has 1 heterocycles. The Morgan fingerprint density at radius 2 is 2.21 bits per heavy atom. The molecule has 0 radical (unpaired) electrons. The van der Waals surface area contributed by atoms with Gasteiger partial charge < -0.3 is 10.2 Å². The number of nitrogens with one attached hydrogen (secondary N) is 1. The van der Waals surface area contributed by atoms with Crippen LogP contribution in [0.15, 0.2) is 36.4 Å². The first-order chi connectivity index (χ1) is 9.31. The van der Waals surface area contributed by atoms with Crippen molar-refractivity contribution < 1.29 is 4.79 Å². The number of carbonyl (C=O) groups is 1. The number of benzene rings is 1. The van der Waals surface area contributed by atoms with E-state index in [4.69, 9.17) is 0 Å². The van der Waals surface area contributed by atoms with E-state index in [0.29, 0.717) is 6.54 Å². The van der Waals surface area contributed by atoms with E-state index in [9.17, 15) is 4.79 Å². The summed E-state index contributed by atoms with van der Waals surface area (Å²) in [7, 11) is 0. The molecule has 1 amide bonds. The van der Waals surface area contributed by atoms with Crippen molar-refractivity contribution in [3.63, 3.8) is 0 Å². The van der Waals surface area contributed by atoms with E-state index in [0.717, 1.165) is 26.1 Å². The van der Waals surface area contributed by atoms with Crippen molar-refractivity contribution in [2.45, 2.75) is 13.3 Å². The highest BCUT2D eigenvalue weighted by Crippen LogP contribution is 2.12. The Labute approximate surface area is 115 Å². The van der Waals surface area contributed by atoms with Gasteiger partial charge in [0.25, 0.3) is 0 Å². The molecule has 1 aromatic carbocycles. The van der Waals surface area contributed by atoms with Crippen molar-refractivity contribution in [1.82, 2.24) is 10.2 Å². The number of amides is 1. The number of likely N-dealkylation sites (N-methyl/N-ethyl adjacent to an activating group) is 1. The van der Waals surface area contributed by atoms with E-state index in [-0.39, 0.29) is 11.8 Å². The molecule has 1 saturated heterocycles. The number of carbonyl (C=O) groups excluding carboxylic acids is 1. The molecular weight excluding hydrogens is 236 g/mol. The fourth-order valence-corrected chi connectivity index (χ4v) is 2.38. The molecule has 3 heteroatoms. The molecule has 0 aliphatic carbocycles. The highest BCUT2D eigenvalue weighted by molar-refractivity contribution is 5.79. The van der Waals surface area contributed by atoms with E-state index in [1.807, 2.05) is 30.0 Å². The third-order valence-electron chi connectivity index (χ3n) is 3.54. The highest BCUT2D eigenvalue weighted by atomic mass is 16.2. The van der Waals surface area contributed by atoms with Gasteiger partial charge in [0.2, 0.25) is 5.91 Å². The maximum atomic E-state index is 12.3. The third kappa shape index (κ3) is 3.93. The summed E-state index contributed by atoms with van der Waals surface area (Å²) in [5.74, 6) is 0.454. The average Bonchev–Trinajstić information content (AvgIpc) is 2.98. The molecule has 0 bridgehead atoms. The second-order valence-corrected chi connectivity index (χ2v) is 4.88. The molecule has 102 valence electrons. The summed E-state index contributed by atoms with van der Waals surface area (Å²) in [6.45, 7) is 5.30. The number of rotatable bonds is 5. The number of hydrogen-bond donors (Lipinski definition) is 1. The fourth-order valence-electron chi connectivity index (χ4n) is 2.38. The first-order valence-corrected chi connectivity index (χ1v) is 7.02. The maximum absolute atomic E-state index is 12.3. The molecule has 1 aliphatic heterocycles. The zero-order valence-electron chi connectivity index (χ0n) is 11.5. The van der Waals surface area contributed by atoms with Crippen LogP contribution in [-0.4, -0.2) is 37.0 Å². The van der Waals surface area contributed by atoms with Crippen molar-refractivity contribution in [2.75, 3.05) is 26.2 Å². The predicted octanol–water partition coefficient (Wildman–Crippen LogP) is 2.16. The molecule has 0 spiro atoms. The van der Waals surface area contributed by atoms with Crippen LogP contribution >= 0.6 is 0 Å². The Bertz CT molecular complexity index is 422. The van der Waals surface area contributed by atoms with Crippen molar-refractivity contribution in [3.05, 3.63) is 42.0 Å². The normalized spacial score (nSPS) is 18.9. The molecule has 2 rings (SSSR count). The summed E-state index contributed by atoms with van der Waals surface area (Å²) in [4.78, 5) is 14.2. The number of nitrogens with zero attached hydrogens (tertiary/aromatic N) is 1. The Kier molecular flexibility index (Phi) is 5.16. The first-order valence-electron chi connectivity index (χ1n) is 7.02. The molecule has 0 saturated carbocycles. The molecule has 19 heavy (non-hydrogen) atoms. The Balaban J connectivity index is 1.88. The lowest BCUT2D eigenvalue weighted by molar-refractivity contribution is -0.134. The molecule has 0 unspecified atom stereocenters. The summed E-state index contributed by atoms with van der Waals surface area (Å²) in [5.41, 5.74) is 1.17. The Hall–Kier alpha value is -1.61. The maximum Gasteiger partial charge on any atom is 0.227 e. The predicted molar refractivity (Wildman–Crippen MR) is 78.7 cm³/mol. The van der Waals surface area contributed by atoms with Crippen LogP contribution < -0.4 is 5.32 Å². The van der Waals surface area contributed by atoms with Crippen LogP contribution in [0.2, 0.25) is 0 Å². The summed E-state index contributed by atoms with van der Waals surface area (Å²) in [6, 6.07) is 10.2. The zero-order valence-corrected chi connectivity index (χ0v) is 11.5. The largest absolute Gasteiger partial charge is 0.339 e. The van der Waals surface area contributed by atoms with Crippen LogP contribution in [0.3, 0.4) is 0 Å². The van der Waals surface area contributed by atoms with Crippen molar-refractivity contribution >= 4 is 12.0 Å². The van der Waals surface area contributed by atoms with Gasteiger partial charge >= 0.3 is 0 Å². The Morgan fingerprint density at radius 3 is 2.84 bits per heavy atom. The van der Waals surface area contributed by atoms with E-state index in [2.05, 4.69) is 29.6 Å². The Morgan fingerprint density at radius 1 is 1.42 bits per heavy atom. The minimum absolute atomic E-state index is 0.171. The van der Waals surface area contributed by atoms with Gasteiger partial charge in [0, 0.05) is 19.6 Å². The van der Waals surface area contributed by atoms with Gasteiger partial charge in [0.05, 0.1) is 5.92 Å². The molecular formula is C16H22N2O. The second kappa shape index (κ2) is 7.10. The van der Waals surface area contributed by atoms with Crippen LogP contribution in [0, 0.1) is 5.92 Å². The lowest BCUT2D eigenvalue weighted by Gasteiger charge is -2.22. The van der Waals surface area contributed by atoms with Gasteiger partial charge in [0.15, 0.2) is 0 Å². The molecule has 1 aliphatic rings. The molecule has 1 N–H and O–H groups in total. The van der Waals surface area contributed by atoms with Crippen LogP contribution in [-0.2, 0) is 4.79 Å². The van der Waals surface area contributed by atoms with Gasteiger partial charge in [-0.3, -0.25) is 4.79 Å². The molecule has 1 atom stereocenters.